The zero-order valence-electron chi connectivity index (χ0n) is 14.3. The zero-order chi connectivity index (χ0) is 17.3. The molecule has 3 aliphatic heterocycles. The first-order chi connectivity index (χ1) is 12.1. The van der Waals surface area contributed by atoms with Gasteiger partial charge in [-0.3, -0.25) is 0 Å². The second-order valence-corrected chi connectivity index (χ2v) is 7.32. The van der Waals surface area contributed by atoms with Crippen molar-refractivity contribution >= 4 is 0 Å². The van der Waals surface area contributed by atoms with Gasteiger partial charge in [0.25, 0.3) is 0 Å². The van der Waals surface area contributed by atoms with Crippen molar-refractivity contribution in [3.05, 3.63) is 71.8 Å². The molecule has 3 saturated heterocycles. The van der Waals surface area contributed by atoms with Crippen LogP contribution in [0.3, 0.4) is 0 Å². The second-order valence-electron chi connectivity index (χ2n) is 7.32. The number of benzene rings is 2. The van der Waals surface area contributed by atoms with Crippen LogP contribution in [0.2, 0.25) is 0 Å². The molecule has 3 N–H and O–H groups in total. The van der Waals surface area contributed by atoms with Crippen molar-refractivity contribution in [2.45, 2.75) is 24.0 Å². The van der Waals surface area contributed by atoms with E-state index in [9.17, 15) is 10.2 Å². The summed E-state index contributed by atoms with van der Waals surface area (Å²) in [6.07, 6.45) is 2.02. The third kappa shape index (κ3) is 2.98. The van der Waals surface area contributed by atoms with E-state index >= 15 is 0 Å². The van der Waals surface area contributed by atoms with Crippen LogP contribution < -0.4 is 4.90 Å². The normalized spacial score (nSPS) is 28.2. The van der Waals surface area contributed by atoms with Crippen LogP contribution in [0, 0.1) is 17.8 Å². The summed E-state index contributed by atoms with van der Waals surface area (Å²) < 4.78 is 0. The Morgan fingerprint density at radius 3 is 1.88 bits per heavy atom. The SMILES string of the molecule is OC(C#C[C@@]1(O)C[NH+]2CCC1CC2)(c1ccccc1)c1ccccc1. The molecule has 0 saturated carbocycles. The van der Waals surface area contributed by atoms with E-state index in [1.807, 2.05) is 60.7 Å². The van der Waals surface area contributed by atoms with Crippen LogP contribution in [0.5, 0.6) is 0 Å². The largest absolute Gasteiger partial charge is 0.372 e. The predicted molar refractivity (Wildman–Crippen MR) is 96.9 cm³/mol. The first kappa shape index (κ1) is 16.4. The van der Waals surface area contributed by atoms with E-state index in [4.69, 9.17) is 0 Å². The van der Waals surface area contributed by atoms with Crippen molar-refractivity contribution in [3.63, 3.8) is 0 Å². The summed E-state index contributed by atoms with van der Waals surface area (Å²) >= 11 is 0. The molecule has 3 nitrogen and oxygen atoms in total. The number of fused-ring (bicyclic) bond motifs is 3. The molecule has 0 amide bonds. The Morgan fingerprint density at radius 2 is 1.44 bits per heavy atom. The molecule has 3 heterocycles. The van der Waals surface area contributed by atoms with Gasteiger partial charge in [-0.2, -0.15) is 0 Å². The zero-order valence-corrected chi connectivity index (χ0v) is 14.3. The van der Waals surface area contributed by atoms with E-state index in [-0.39, 0.29) is 5.92 Å². The van der Waals surface area contributed by atoms with Gasteiger partial charge in [-0.15, -0.1) is 0 Å². The van der Waals surface area contributed by atoms with Crippen LogP contribution in [-0.4, -0.2) is 35.4 Å². The first-order valence-electron chi connectivity index (χ1n) is 9.04. The van der Waals surface area contributed by atoms with Gasteiger partial charge in [-0.1, -0.05) is 72.5 Å². The Hall–Kier alpha value is -2.12. The van der Waals surface area contributed by atoms with Crippen LogP contribution in [-0.2, 0) is 5.60 Å². The van der Waals surface area contributed by atoms with Crippen LogP contribution in [0.4, 0.5) is 0 Å². The highest BCUT2D eigenvalue weighted by Gasteiger charge is 2.48. The van der Waals surface area contributed by atoms with Crippen molar-refractivity contribution < 1.29 is 15.1 Å². The van der Waals surface area contributed by atoms with Crippen molar-refractivity contribution in [2.75, 3.05) is 19.6 Å². The number of hydrogen-bond donors (Lipinski definition) is 3. The third-order valence-corrected chi connectivity index (χ3v) is 5.73. The van der Waals surface area contributed by atoms with Gasteiger partial charge in [0.15, 0.2) is 11.2 Å². The molecule has 2 aromatic carbocycles. The van der Waals surface area contributed by atoms with Gasteiger partial charge >= 0.3 is 0 Å². The van der Waals surface area contributed by atoms with E-state index in [0.717, 1.165) is 37.1 Å². The maximum Gasteiger partial charge on any atom is 0.177 e. The average molecular weight is 334 g/mol. The Bertz CT molecular complexity index is 746. The Balaban J connectivity index is 1.76. The quantitative estimate of drug-likeness (QED) is 0.717. The minimum absolute atomic E-state index is 0.216. The molecular formula is C22H24NO2+. The summed E-state index contributed by atoms with van der Waals surface area (Å²) in [7, 11) is 0. The topological polar surface area (TPSA) is 44.9 Å². The molecule has 25 heavy (non-hydrogen) atoms. The van der Waals surface area contributed by atoms with E-state index < -0.39 is 11.2 Å². The average Bonchev–Trinajstić information content (AvgIpc) is 2.68. The van der Waals surface area contributed by atoms with Crippen LogP contribution in [0.1, 0.15) is 24.0 Å². The lowest BCUT2D eigenvalue weighted by molar-refractivity contribution is -0.923. The molecular weight excluding hydrogens is 310 g/mol. The molecule has 3 fully saturated rings. The van der Waals surface area contributed by atoms with E-state index in [2.05, 4.69) is 11.8 Å². The van der Waals surface area contributed by atoms with Crippen molar-refractivity contribution in [1.82, 2.24) is 0 Å². The first-order valence-corrected chi connectivity index (χ1v) is 9.04. The van der Waals surface area contributed by atoms with Crippen LogP contribution in [0.15, 0.2) is 60.7 Å². The minimum atomic E-state index is -1.42. The number of nitrogens with one attached hydrogen (secondary N) is 1. The Morgan fingerprint density at radius 1 is 0.920 bits per heavy atom. The molecule has 1 atom stereocenters. The molecule has 0 spiro atoms. The summed E-state index contributed by atoms with van der Waals surface area (Å²) in [5.74, 6) is 6.38. The van der Waals surface area contributed by atoms with Crippen molar-refractivity contribution in [2.24, 2.45) is 5.92 Å². The van der Waals surface area contributed by atoms with Gasteiger partial charge in [-0.25, -0.2) is 0 Å². The van der Waals surface area contributed by atoms with E-state index in [1.165, 1.54) is 4.90 Å². The molecule has 5 rings (SSSR count). The number of piperidine rings is 3. The van der Waals surface area contributed by atoms with Gasteiger partial charge in [0.1, 0.15) is 6.54 Å². The van der Waals surface area contributed by atoms with Gasteiger partial charge in [-0.05, 0) is 0 Å². The van der Waals surface area contributed by atoms with Gasteiger partial charge < -0.3 is 15.1 Å². The predicted octanol–water partition coefficient (Wildman–Crippen LogP) is 0.966. The summed E-state index contributed by atoms with van der Waals surface area (Å²) in [5.41, 5.74) is -0.958. The fraction of sp³-hybridized carbons (Fsp3) is 0.364. The third-order valence-electron chi connectivity index (χ3n) is 5.73. The lowest BCUT2D eigenvalue weighted by Gasteiger charge is -2.45. The molecule has 0 aliphatic carbocycles. The number of quaternary nitrogens is 1. The van der Waals surface area contributed by atoms with Crippen LogP contribution >= 0.6 is 0 Å². The monoisotopic (exact) mass is 334 g/mol. The Kier molecular flexibility index (Phi) is 4.13. The summed E-state index contributed by atoms with van der Waals surface area (Å²) in [5, 5.41) is 22.6. The highest BCUT2D eigenvalue weighted by molar-refractivity contribution is 5.45. The summed E-state index contributed by atoms with van der Waals surface area (Å²) in [6.45, 7) is 2.90. The molecule has 0 radical (unpaired) electrons. The van der Waals surface area contributed by atoms with Gasteiger partial charge in [0.2, 0.25) is 0 Å². The minimum Gasteiger partial charge on any atom is -0.372 e. The fourth-order valence-electron chi connectivity index (χ4n) is 4.22. The maximum absolute atomic E-state index is 11.5. The van der Waals surface area contributed by atoms with Gasteiger partial charge in [0.05, 0.1) is 13.1 Å². The number of hydrogen-bond acceptors (Lipinski definition) is 2. The lowest BCUT2D eigenvalue weighted by atomic mass is 9.75. The molecule has 2 bridgehead atoms. The van der Waals surface area contributed by atoms with E-state index in [0.29, 0.717) is 6.54 Å². The Labute approximate surface area is 148 Å². The highest BCUT2D eigenvalue weighted by Crippen LogP contribution is 2.31. The standard InChI is InChI=1S/C22H23NO2/c24-21(17-23-15-11-18(21)12-16-23)13-14-22(25,19-7-3-1-4-8-19)20-9-5-2-6-10-20/h1-10,18,24-25H,11-12,15-17H2/p+1/t21-/m1/s1. The maximum atomic E-state index is 11.5. The molecule has 0 aromatic heterocycles. The molecule has 0 unspecified atom stereocenters. The summed E-state index contributed by atoms with van der Waals surface area (Å²) in [6, 6.07) is 19.0. The lowest BCUT2D eigenvalue weighted by Crippen LogP contribution is -3.17. The highest BCUT2D eigenvalue weighted by atomic mass is 16.3. The van der Waals surface area contributed by atoms with Gasteiger partial charge in [0, 0.05) is 29.9 Å². The van der Waals surface area contributed by atoms with Crippen LogP contribution in [0.25, 0.3) is 0 Å². The van der Waals surface area contributed by atoms with Crippen molar-refractivity contribution in [3.8, 4) is 11.8 Å². The molecule has 3 heteroatoms. The molecule has 2 aromatic rings. The smallest absolute Gasteiger partial charge is 0.177 e. The summed E-state index contributed by atoms with van der Waals surface area (Å²) in [4.78, 5) is 1.42. The molecule has 3 aliphatic rings. The molecule has 128 valence electrons. The van der Waals surface area contributed by atoms with E-state index in [1.54, 1.807) is 0 Å². The fourth-order valence-corrected chi connectivity index (χ4v) is 4.22. The van der Waals surface area contributed by atoms with Crippen molar-refractivity contribution in [1.29, 1.82) is 0 Å². The number of rotatable bonds is 2. The second kappa shape index (κ2) is 6.31. The number of aliphatic hydroxyl groups is 2.